The predicted octanol–water partition coefficient (Wildman–Crippen LogP) is 1.77. The Labute approximate surface area is 124 Å². The number of carboxylic acid groups (broad SMARTS) is 1. The molecule has 2 heterocycles. The van der Waals surface area contributed by atoms with Gasteiger partial charge >= 0.3 is 5.97 Å². The molecule has 1 aliphatic rings. The average molecular weight is 398 g/mol. The van der Waals surface area contributed by atoms with Crippen molar-refractivity contribution in [1.29, 1.82) is 0 Å². The number of aliphatic carboxylic acids is 1. The van der Waals surface area contributed by atoms with Gasteiger partial charge in [-0.15, -0.1) is 11.3 Å². The number of nitrogens with zero attached hydrogens (tertiary/aromatic N) is 1. The number of piperazine rings is 1. The lowest BCUT2D eigenvalue weighted by Crippen LogP contribution is -2.56. The van der Waals surface area contributed by atoms with Crippen LogP contribution in [0.5, 0.6) is 0 Å². The summed E-state index contributed by atoms with van der Waals surface area (Å²) in [6.07, 6.45) is 0. The van der Waals surface area contributed by atoms with Crippen LogP contribution in [0.2, 0.25) is 0 Å². The summed E-state index contributed by atoms with van der Waals surface area (Å²) in [5, 5.41) is 12.1. The zero-order valence-corrected chi connectivity index (χ0v) is 13.1. The van der Waals surface area contributed by atoms with Gasteiger partial charge in [0.25, 0.3) is 5.91 Å². The van der Waals surface area contributed by atoms with E-state index in [1.165, 1.54) is 16.2 Å². The van der Waals surface area contributed by atoms with Gasteiger partial charge in [-0.1, -0.05) is 0 Å². The largest absolute Gasteiger partial charge is 0.480 e. The number of amides is 1. The van der Waals surface area contributed by atoms with Crippen LogP contribution >= 0.6 is 43.2 Å². The van der Waals surface area contributed by atoms with Gasteiger partial charge in [0.1, 0.15) is 6.04 Å². The van der Waals surface area contributed by atoms with Crippen LogP contribution in [0.1, 0.15) is 9.67 Å². The number of carboxylic acids is 1. The SMILES string of the molecule is O=C(O)C1CNCCN1C(=O)c1cc(Br)c(Br)s1. The molecule has 1 atom stereocenters. The van der Waals surface area contributed by atoms with Gasteiger partial charge in [-0.05, 0) is 37.9 Å². The van der Waals surface area contributed by atoms with E-state index in [-0.39, 0.29) is 12.5 Å². The topological polar surface area (TPSA) is 69.6 Å². The maximum absolute atomic E-state index is 12.3. The number of hydrogen-bond acceptors (Lipinski definition) is 4. The van der Waals surface area contributed by atoms with E-state index in [1.807, 2.05) is 0 Å². The third-order valence-electron chi connectivity index (χ3n) is 2.65. The molecular formula is C10H10Br2N2O3S. The molecule has 2 rings (SSSR count). The van der Waals surface area contributed by atoms with Crippen LogP contribution in [0.3, 0.4) is 0 Å². The molecule has 1 unspecified atom stereocenters. The van der Waals surface area contributed by atoms with Crippen molar-refractivity contribution < 1.29 is 14.7 Å². The number of halogens is 2. The van der Waals surface area contributed by atoms with E-state index in [0.717, 1.165) is 8.26 Å². The van der Waals surface area contributed by atoms with E-state index in [2.05, 4.69) is 37.2 Å². The summed E-state index contributed by atoms with van der Waals surface area (Å²) in [4.78, 5) is 25.3. The first kappa shape index (κ1) is 14.0. The molecule has 1 aromatic rings. The molecule has 0 bridgehead atoms. The molecule has 0 saturated carbocycles. The van der Waals surface area contributed by atoms with E-state index in [9.17, 15) is 9.59 Å². The van der Waals surface area contributed by atoms with Crippen LogP contribution < -0.4 is 5.32 Å². The number of thiophene rings is 1. The zero-order chi connectivity index (χ0) is 13.3. The van der Waals surface area contributed by atoms with Crippen LogP contribution in [-0.2, 0) is 4.79 Å². The van der Waals surface area contributed by atoms with Crippen molar-refractivity contribution >= 4 is 55.1 Å². The molecule has 0 aliphatic carbocycles. The highest BCUT2D eigenvalue weighted by Gasteiger charge is 2.33. The van der Waals surface area contributed by atoms with Gasteiger partial charge in [-0.3, -0.25) is 4.79 Å². The number of carbonyl (C=O) groups is 2. The van der Waals surface area contributed by atoms with Crippen molar-refractivity contribution in [2.24, 2.45) is 0 Å². The molecule has 18 heavy (non-hydrogen) atoms. The minimum absolute atomic E-state index is 0.236. The number of carbonyl (C=O) groups excluding carboxylic acids is 1. The molecule has 1 aliphatic heterocycles. The Hall–Kier alpha value is -0.440. The second kappa shape index (κ2) is 5.68. The Bertz CT molecular complexity index is 472. The molecule has 0 radical (unpaired) electrons. The third kappa shape index (κ3) is 2.76. The summed E-state index contributed by atoms with van der Waals surface area (Å²) in [6.45, 7) is 1.31. The van der Waals surface area contributed by atoms with Crippen molar-refractivity contribution in [3.05, 3.63) is 19.2 Å². The Morgan fingerprint density at radius 3 is 2.78 bits per heavy atom. The smallest absolute Gasteiger partial charge is 0.327 e. The molecule has 0 spiro atoms. The van der Waals surface area contributed by atoms with Crippen LogP contribution in [0.15, 0.2) is 14.3 Å². The van der Waals surface area contributed by atoms with Gasteiger partial charge < -0.3 is 15.3 Å². The lowest BCUT2D eigenvalue weighted by molar-refractivity contribution is -0.142. The highest BCUT2D eigenvalue weighted by molar-refractivity contribution is 9.13. The first-order chi connectivity index (χ1) is 8.50. The highest BCUT2D eigenvalue weighted by Crippen LogP contribution is 2.33. The van der Waals surface area contributed by atoms with E-state index in [1.54, 1.807) is 6.07 Å². The lowest BCUT2D eigenvalue weighted by Gasteiger charge is -2.33. The minimum Gasteiger partial charge on any atom is -0.480 e. The van der Waals surface area contributed by atoms with E-state index < -0.39 is 12.0 Å². The second-order valence-corrected chi connectivity index (χ2v) is 7.01. The molecule has 98 valence electrons. The summed E-state index contributed by atoms with van der Waals surface area (Å²) in [7, 11) is 0. The van der Waals surface area contributed by atoms with Crippen LogP contribution in [0, 0.1) is 0 Å². The fourth-order valence-corrected chi connectivity index (χ4v) is 3.75. The van der Waals surface area contributed by atoms with E-state index in [4.69, 9.17) is 5.11 Å². The van der Waals surface area contributed by atoms with E-state index >= 15 is 0 Å². The van der Waals surface area contributed by atoms with Crippen molar-refractivity contribution in [3.8, 4) is 0 Å². The maximum Gasteiger partial charge on any atom is 0.327 e. The summed E-state index contributed by atoms with van der Waals surface area (Å²) in [5.41, 5.74) is 0. The third-order valence-corrected chi connectivity index (χ3v) is 5.89. The normalized spacial score (nSPS) is 19.9. The lowest BCUT2D eigenvalue weighted by atomic mass is 10.2. The summed E-state index contributed by atoms with van der Waals surface area (Å²) < 4.78 is 1.63. The standard InChI is InChI=1S/C10H10Br2N2O3S/c11-5-3-7(18-8(5)12)9(15)14-2-1-13-4-6(14)10(16)17/h3,6,13H,1-2,4H2,(H,16,17). The highest BCUT2D eigenvalue weighted by atomic mass is 79.9. The Balaban J connectivity index is 2.23. The molecular weight excluding hydrogens is 388 g/mol. The zero-order valence-electron chi connectivity index (χ0n) is 9.15. The van der Waals surface area contributed by atoms with Gasteiger partial charge in [0, 0.05) is 24.1 Å². The van der Waals surface area contributed by atoms with Crippen molar-refractivity contribution in [2.75, 3.05) is 19.6 Å². The summed E-state index contributed by atoms with van der Waals surface area (Å²) in [6, 6.07) is 0.906. The van der Waals surface area contributed by atoms with Gasteiger partial charge in [-0.2, -0.15) is 0 Å². The van der Waals surface area contributed by atoms with Gasteiger partial charge in [0.15, 0.2) is 0 Å². The van der Waals surface area contributed by atoms with Crippen molar-refractivity contribution in [1.82, 2.24) is 10.2 Å². The van der Waals surface area contributed by atoms with Gasteiger partial charge in [0.05, 0.1) is 8.66 Å². The molecule has 1 amide bonds. The minimum atomic E-state index is -0.981. The molecule has 0 aromatic carbocycles. The van der Waals surface area contributed by atoms with Crippen molar-refractivity contribution in [2.45, 2.75) is 6.04 Å². The number of rotatable bonds is 2. The van der Waals surface area contributed by atoms with Crippen molar-refractivity contribution in [3.63, 3.8) is 0 Å². The Morgan fingerprint density at radius 2 is 2.22 bits per heavy atom. The molecule has 1 saturated heterocycles. The molecule has 1 fully saturated rings. The summed E-state index contributed by atoms with van der Waals surface area (Å²) in [5.74, 6) is -1.22. The maximum atomic E-state index is 12.3. The van der Waals surface area contributed by atoms with E-state index in [0.29, 0.717) is 18.0 Å². The van der Waals surface area contributed by atoms with Gasteiger partial charge in [-0.25, -0.2) is 4.79 Å². The fourth-order valence-electron chi connectivity index (χ4n) is 1.76. The van der Waals surface area contributed by atoms with Crippen LogP contribution in [0.25, 0.3) is 0 Å². The average Bonchev–Trinajstić information content (AvgIpc) is 2.68. The van der Waals surface area contributed by atoms with Gasteiger partial charge in [0.2, 0.25) is 0 Å². The Kier molecular flexibility index (Phi) is 4.41. The second-order valence-electron chi connectivity index (χ2n) is 3.79. The first-order valence-electron chi connectivity index (χ1n) is 5.20. The number of nitrogens with one attached hydrogen (secondary N) is 1. The monoisotopic (exact) mass is 396 g/mol. The van der Waals surface area contributed by atoms with Crippen LogP contribution in [-0.4, -0.2) is 47.6 Å². The Morgan fingerprint density at radius 1 is 1.50 bits per heavy atom. The quantitative estimate of drug-likeness (QED) is 0.797. The molecule has 5 nitrogen and oxygen atoms in total. The summed E-state index contributed by atoms with van der Waals surface area (Å²) >= 11 is 7.94. The molecule has 8 heteroatoms. The molecule has 1 aromatic heterocycles. The van der Waals surface area contributed by atoms with Crippen LogP contribution in [0.4, 0.5) is 0 Å². The fraction of sp³-hybridized carbons (Fsp3) is 0.400. The number of hydrogen-bond donors (Lipinski definition) is 2. The first-order valence-corrected chi connectivity index (χ1v) is 7.60. The molecule has 2 N–H and O–H groups in total. The predicted molar refractivity (Wildman–Crippen MR) is 75.0 cm³/mol.